The monoisotopic (exact) mass is 367 g/mol. The number of ether oxygens (including phenoxy) is 1. The summed E-state index contributed by atoms with van der Waals surface area (Å²) in [6.07, 6.45) is 2.91. The van der Waals surface area contributed by atoms with E-state index in [4.69, 9.17) is 16.3 Å². The highest BCUT2D eigenvalue weighted by molar-refractivity contribution is 6.32. The van der Waals surface area contributed by atoms with E-state index in [1.54, 1.807) is 36.9 Å². The van der Waals surface area contributed by atoms with Crippen LogP contribution in [0.4, 0.5) is 10.5 Å². The van der Waals surface area contributed by atoms with Gasteiger partial charge in [0.25, 0.3) is 0 Å². The van der Waals surface area contributed by atoms with Crippen molar-refractivity contribution in [1.29, 1.82) is 0 Å². The van der Waals surface area contributed by atoms with E-state index >= 15 is 0 Å². The standard InChI is InChI=1S/C18H26ClN3O3/c1-4-11-25-15-8-7-13(12-14(15)19)20-17(24)21-18(2,3)16(23)22-9-5-6-10-22/h7-8,12H,4-6,9-11H2,1-3H3,(H2,20,21,24). The second-order valence-corrected chi connectivity index (χ2v) is 7.10. The van der Waals surface area contributed by atoms with Crippen LogP contribution in [0.15, 0.2) is 18.2 Å². The van der Waals surface area contributed by atoms with Gasteiger partial charge in [-0.3, -0.25) is 4.79 Å². The summed E-state index contributed by atoms with van der Waals surface area (Å²) in [7, 11) is 0. The van der Waals surface area contributed by atoms with E-state index < -0.39 is 11.6 Å². The Morgan fingerprint density at radius 3 is 2.56 bits per heavy atom. The van der Waals surface area contributed by atoms with Crippen molar-refractivity contribution < 1.29 is 14.3 Å². The predicted octanol–water partition coefficient (Wildman–Crippen LogP) is 3.65. The lowest BCUT2D eigenvalue weighted by molar-refractivity contribution is -0.135. The Balaban J connectivity index is 1.94. The molecule has 0 aromatic heterocycles. The van der Waals surface area contributed by atoms with E-state index in [2.05, 4.69) is 10.6 Å². The first-order chi connectivity index (χ1) is 11.8. The molecule has 1 aromatic carbocycles. The smallest absolute Gasteiger partial charge is 0.320 e. The van der Waals surface area contributed by atoms with Crippen LogP contribution in [0, 0.1) is 0 Å². The first-order valence-electron chi connectivity index (χ1n) is 8.64. The molecule has 0 atom stereocenters. The molecule has 0 spiro atoms. The van der Waals surface area contributed by atoms with E-state index in [9.17, 15) is 9.59 Å². The summed E-state index contributed by atoms with van der Waals surface area (Å²) >= 11 is 6.16. The second kappa shape index (κ2) is 8.43. The molecule has 0 saturated carbocycles. The summed E-state index contributed by atoms with van der Waals surface area (Å²) in [5.74, 6) is 0.514. The maximum atomic E-state index is 12.5. The molecule has 1 aliphatic heterocycles. The SMILES string of the molecule is CCCOc1ccc(NC(=O)NC(C)(C)C(=O)N2CCCC2)cc1Cl. The van der Waals surface area contributed by atoms with Crippen LogP contribution in [0.1, 0.15) is 40.0 Å². The molecular weight excluding hydrogens is 342 g/mol. The molecule has 6 nitrogen and oxygen atoms in total. The van der Waals surface area contributed by atoms with Crippen molar-refractivity contribution in [3.63, 3.8) is 0 Å². The summed E-state index contributed by atoms with van der Waals surface area (Å²) in [5.41, 5.74) is -0.432. The third kappa shape index (κ3) is 5.26. The number of benzene rings is 1. The fourth-order valence-corrected chi connectivity index (χ4v) is 2.96. The Morgan fingerprint density at radius 1 is 1.28 bits per heavy atom. The summed E-state index contributed by atoms with van der Waals surface area (Å²) in [6, 6.07) is 4.61. The van der Waals surface area contributed by atoms with Crippen molar-refractivity contribution in [2.24, 2.45) is 0 Å². The third-order valence-electron chi connectivity index (χ3n) is 4.01. The highest BCUT2D eigenvalue weighted by atomic mass is 35.5. The Morgan fingerprint density at radius 2 is 1.96 bits per heavy atom. The lowest BCUT2D eigenvalue weighted by Gasteiger charge is -2.30. The minimum absolute atomic E-state index is 0.0681. The number of hydrogen-bond donors (Lipinski definition) is 2. The quantitative estimate of drug-likeness (QED) is 0.806. The van der Waals surface area contributed by atoms with Crippen LogP contribution in [0.5, 0.6) is 5.75 Å². The topological polar surface area (TPSA) is 70.7 Å². The number of nitrogens with zero attached hydrogens (tertiary/aromatic N) is 1. The molecule has 1 aliphatic rings. The second-order valence-electron chi connectivity index (χ2n) is 6.70. The molecule has 1 fully saturated rings. The molecule has 1 heterocycles. The Kier molecular flexibility index (Phi) is 6.53. The van der Waals surface area contributed by atoms with Crippen LogP contribution >= 0.6 is 11.6 Å². The van der Waals surface area contributed by atoms with Crippen molar-refractivity contribution in [3.8, 4) is 5.75 Å². The maximum absolute atomic E-state index is 12.5. The summed E-state index contributed by atoms with van der Waals surface area (Å²) < 4.78 is 5.50. The molecule has 0 unspecified atom stereocenters. The average molecular weight is 368 g/mol. The van der Waals surface area contributed by atoms with Gasteiger partial charge in [-0.15, -0.1) is 0 Å². The van der Waals surface area contributed by atoms with Crippen LogP contribution in [-0.4, -0.2) is 42.1 Å². The predicted molar refractivity (Wildman–Crippen MR) is 99.3 cm³/mol. The largest absolute Gasteiger partial charge is 0.492 e. The van der Waals surface area contributed by atoms with Gasteiger partial charge in [-0.1, -0.05) is 18.5 Å². The number of carbonyl (C=O) groups excluding carboxylic acids is 2. The van der Waals surface area contributed by atoms with Crippen molar-refractivity contribution >= 4 is 29.2 Å². The Hall–Kier alpha value is -1.95. The first kappa shape index (κ1) is 19.4. The minimum atomic E-state index is -0.970. The Bertz CT molecular complexity index is 628. The third-order valence-corrected chi connectivity index (χ3v) is 4.30. The van der Waals surface area contributed by atoms with Gasteiger partial charge in [0.1, 0.15) is 11.3 Å². The van der Waals surface area contributed by atoms with E-state index in [1.807, 2.05) is 6.92 Å². The number of likely N-dealkylation sites (tertiary alicyclic amines) is 1. The zero-order valence-corrected chi connectivity index (χ0v) is 15.8. The molecule has 138 valence electrons. The number of amides is 3. The molecule has 0 radical (unpaired) electrons. The van der Waals surface area contributed by atoms with Crippen LogP contribution in [0.25, 0.3) is 0 Å². The molecule has 0 bridgehead atoms. The van der Waals surface area contributed by atoms with E-state index in [0.717, 1.165) is 32.4 Å². The van der Waals surface area contributed by atoms with E-state index in [-0.39, 0.29) is 5.91 Å². The van der Waals surface area contributed by atoms with Crippen molar-refractivity contribution in [3.05, 3.63) is 23.2 Å². The van der Waals surface area contributed by atoms with Crippen LogP contribution < -0.4 is 15.4 Å². The van der Waals surface area contributed by atoms with Crippen LogP contribution in [0.2, 0.25) is 5.02 Å². The van der Waals surface area contributed by atoms with E-state index in [1.165, 1.54) is 0 Å². The minimum Gasteiger partial charge on any atom is -0.492 e. The highest BCUT2D eigenvalue weighted by Gasteiger charge is 2.34. The number of rotatable bonds is 6. The molecule has 1 saturated heterocycles. The number of halogens is 1. The Labute approximate surface area is 153 Å². The van der Waals surface area contributed by atoms with Crippen molar-refractivity contribution in [2.75, 3.05) is 25.0 Å². The number of hydrogen-bond acceptors (Lipinski definition) is 3. The highest BCUT2D eigenvalue weighted by Crippen LogP contribution is 2.28. The van der Waals surface area contributed by atoms with Gasteiger partial charge in [0, 0.05) is 18.8 Å². The lowest BCUT2D eigenvalue weighted by atomic mass is 10.0. The van der Waals surface area contributed by atoms with Crippen molar-refractivity contribution in [2.45, 2.75) is 45.6 Å². The number of urea groups is 1. The maximum Gasteiger partial charge on any atom is 0.320 e. The lowest BCUT2D eigenvalue weighted by Crippen LogP contribution is -2.56. The van der Waals surface area contributed by atoms with Gasteiger partial charge in [0.05, 0.1) is 11.6 Å². The fraction of sp³-hybridized carbons (Fsp3) is 0.556. The number of carbonyl (C=O) groups is 2. The molecule has 3 amide bonds. The zero-order chi connectivity index (χ0) is 18.4. The summed E-state index contributed by atoms with van der Waals surface area (Å²) in [6.45, 7) is 7.52. The summed E-state index contributed by atoms with van der Waals surface area (Å²) in [5, 5.41) is 5.87. The van der Waals surface area contributed by atoms with Gasteiger partial charge < -0.3 is 20.3 Å². The fourth-order valence-electron chi connectivity index (χ4n) is 2.72. The number of nitrogens with one attached hydrogen (secondary N) is 2. The molecule has 25 heavy (non-hydrogen) atoms. The van der Waals surface area contributed by atoms with E-state index in [0.29, 0.717) is 23.1 Å². The van der Waals surface area contributed by atoms with Crippen LogP contribution in [-0.2, 0) is 4.79 Å². The number of anilines is 1. The van der Waals surface area contributed by atoms with Gasteiger partial charge >= 0.3 is 6.03 Å². The molecule has 2 rings (SSSR count). The normalized spacial score (nSPS) is 14.3. The van der Waals surface area contributed by atoms with Crippen molar-refractivity contribution in [1.82, 2.24) is 10.2 Å². The molecule has 1 aromatic rings. The van der Waals surface area contributed by atoms with Gasteiger partial charge in [-0.25, -0.2) is 4.79 Å². The van der Waals surface area contributed by atoms with Crippen LogP contribution in [0.3, 0.4) is 0 Å². The average Bonchev–Trinajstić information content (AvgIpc) is 3.07. The molecule has 0 aliphatic carbocycles. The zero-order valence-electron chi connectivity index (χ0n) is 15.0. The first-order valence-corrected chi connectivity index (χ1v) is 9.02. The summed E-state index contributed by atoms with van der Waals surface area (Å²) in [4.78, 5) is 26.5. The molecule has 7 heteroatoms. The molecule has 2 N–H and O–H groups in total. The van der Waals surface area contributed by atoms with Gasteiger partial charge in [-0.05, 0) is 51.3 Å². The van der Waals surface area contributed by atoms with Gasteiger partial charge in [0.15, 0.2) is 0 Å². The molecular formula is C18H26ClN3O3. The van der Waals surface area contributed by atoms with Gasteiger partial charge in [0.2, 0.25) is 5.91 Å². The van der Waals surface area contributed by atoms with Gasteiger partial charge in [-0.2, -0.15) is 0 Å².